The summed E-state index contributed by atoms with van der Waals surface area (Å²) < 4.78 is 4.68. The Morgan fingerprint density at radius 1 is 1.04 bits per heavy atom. The standard InChI is InChI=1S/C18H18N4O2/c23-18(14-4-6-15(7-5-14)22-9-1-2-10-22)19-12-13-3-8-16-17(11-13)21-24-20-16/h3-8,11H,1-2,9-10,12H2,(H,19,23). The Morgan fingerprint density at radius 2 is 1.79 bits per heavy atom. The van der Waals surface area contributed by atoms with E-state index in [2.05, 4.69) is 25.2 Å². The summed E-state index contributed by atoms with van der Waals surface area (Å²) in [7, 11) is 0. The van der Waals surface area contributed by atoms with Gasteiger partial charge in [0.15, 0.2) is 0 Å². The van der Waals surface area contributed by atoms with Crippen LogP contribution >= 0.6 is 0 Å². The van der Waals surface area contributed by atoms with Crippen molar-refractivity contribution in [3.63, 3.8) is 0 Å². The van der Waals surface area contributed by atoms with Gasteiger partial charge in [-0.25, -0.2) is 4.63 Å². The number of nitrogens with one attached hydrogen (secondary N) is 1. The molecule has 1 aliphatic heterocycles. The molecular formula is C18H18N4O2. The summed E-state index contributed by atoms with van der Waals surface area (Å²) in [4.78, 5) is 14.6. The molecule has 1 amide bonds. The van der Waals surface area contributed by atoms with Gasteiger partial charge in [-0.3, -0.25) is 4.79 Å². The number of nitrogens with zero attached hydrogens (tertiary/aromatic N) is 3. The molecule has 4 rings (SSSR count). The molecule has 2 heterocycles. The van der Waals surface area contributed by atoms with Crippen LogP contribution in [0.5, 0.6) is 0 Å². The van der Waals surface area contributed by atoms with E-state index >= 15 is 0 Å². The van der Waals surface area contributed by atoms with E-state index < -0.39 is 0 Å². The average molecular weight is 322 g/mol. The van der Waals surface area contributed by atoms with E-state index in [9.17, 15) is 4.79 Å². The van der Waals surface area contributed by atoms with Crippen LogP contribution in [-0.4, -0.2) is 29.3 Å². The van der Waals surface area contributed by atoms with Crippen LogP contribution in [0.4, 0.5) is 5.69 Å². The van der Waals surface area contributed by atoms with Crippen molar-refractivity contribution in [3.8, 4) is 0 Å². The third-order valence-corrected chi connectivity index (χ3v) is 4.37. The van der Waals surface area contributed by atoms with E-state index in [1.54, 1.807) is 0 Å². The number of aromatic nitrogens is 2. The van der Waals surface area contributed by atoms with Crippen LogP contribution in [0.2, 0.25) is 0 Å². The second kappa shape index (κ2) is 6.31. The summed E-state index contributed by atoms with van der Waals surface area (Å²) in [5, 5.41) is 10.5. The molecule has 6 heteroatoms. The van der Waals surface area contributed by atoms with Gasteiger partial charge in [-0.1, -0.05) is 6.07 Å². The fourth-order valence-electron chi connectivity index (χ4n) is 3.02. The minimum atomic E-state index is -0.0821. The van der Waals surface area contributed by atoms with Gasteiger partial charge in [0.1, 0.15) is 11.0 Å². The van der Waals surface area contributed by atoms with Crippen LogP contribution < -0.4 is 10.2 Å². The Bertz CT molecular complexity index is 851. The summed E-state index contributed by atoms with van der Waals surface area (Å²) in [6, 6.07) is 13.4. The maximum atomic E-state index is 12.3. The van der Waals surface area contributed by atoms with Crippen LogP contribution in [0.25, 0.3) is 11.0 Å². The predicted molar refractivity (Wildman–Crippen MR) is 90.9 cm³/mol. The van der Waals surface area contributed by atoms with Crippen LogP contribution in [0, 0.1) is 0 Å². The van der Waals surface area contributed by atoms with Crippen LogP contribution in [0.1, 0.15) is 28.8 Å². The third kappa shape index (κ3) is 2.95. The van der Waals surface area contributed by atoms with Gasteiger partial charge in [0.25, 0.3) is 5.91 Å². The first-order valence-electron chi connectivity index (χ1n) is 8.14. The highest BCUT2D eigenvalue weighted by Gasteiger charge is 2.13. The first-order valence-corrected chi connectivity index (χ1v) is 8.14. The monoisotopic (exact) mass is 322 g/mol. The average Bonchev–Trinajstić information content (AvgIpc) is 3.31. The van der Waals surface area contributed by atoms with E-state index in [1.807, 2.05) is 42.5 Å². The smallest absolute Gasteiger partial charge is 0.251 e. The van der Waals surface area contributed by atoms with Crippen molar-refractivity contribution in [2.24, 2.45) is 0 Å². The molecule has 0 radical (unpaired) electrons. The van der Waals surface area contributed by atoms with Gasteiger partial charge in [-0.2, -0.15) is 0 Å². The molecular weight excluding hydrogens is 304 g/mol. The van der Waals surface area contributed by atoms with E-state index in [4.69, 9.17) is 0 Å². The Morgan fingerprint density at radius 3 is 2.58 bits per heavy atom. The van der Waals surface area contributed by atoms with Gasteiger partial charge in [-0.05, 0) is 65.1 Å². The minimum absolute atomic E-state index is 0.0821. The molecule has 6 nitrogen and oxygen atoms in total. The fraction of sp³-hybridized carbons (Fsp3) is 0.278. The number of hydrogen-bond acceptors (Lipinski definition) is 5. The maximum Gasteiger partial charge on any atom is 0.251 e. The van der Waals surface area contributed by atoms with E-state index in [0.29, 0.717) is 23.1 Å². The number of carbonyl (C=O) groups excluding carboxylic acids is 1. The molecule has 1 aromatic heterocycles. The molecule has 1 fully saturated rings. The van der Waals surface area contributed by atoms with Crippen molar-refractivity contribution < 1.29 is 9.42 Å². The molecule has 1 aliphatic rings. The van der Waals surface area contributed by atoms with Crippen molar-refractivity contribution in [3.05, 3.63) is 53.6 Å². The van der Waals surface area contributed by atoms with Gasteiger partial charge >= 0.3 is 0 Å². The number of carbonyl (C=O) groups is 1. The minimum Gasteiger partial charge on any atom is -0.372 e. The molecule has 0 aliphatic carbocycles. The predicted octanol–water partition coefficient (Wildman–Crippen LogP) is 2.75. The largest absolute Gasteiger partial charge is 0.372 e. The van der Waals surface area contributed by atoms with Gasteiger partial charge < -0.3 is 10.2 Å². The summed E-state index contributed by atoms with van der Waals surface area (Å²) in [5.74, 6) is -0.0821. The SMILES string of the molecule is O=C(NCc1ccc2nonc2c1)c1ccc(N2CCCC2)cc1. The molecule has 0 atom stereocenters. The number of anilines is 1. The molecule has 1 saturated heterocycles. The lowest BCUT2D eigenvalue weighted by Gasteiger charge is -2.17. The maximum absolute atomic E-state index is 12.3. The Kier molecular flexibility index (Phi) is 3.86. The lowest BCUT2D eigenvalue weighted by molar-refractivity contribution is 0.0951. The normalized spacial score (nSPS) is 14.2. The van der Waals surface area contributed by atoms with Crippen LogP contribution in [0.15, 0.2) is 47.1 Å². The van der Waals surface area contributed by atoms with E-state index in [0.717, 1.165) is 18.7 Å². The molecule has 0 spiro atoms. The van der Waals surface area contributed by atoms with Crippen LogP contribution in [-0.2, 0) is 6.54 Å². The topological polar surface area (TPSA) is 71.3 Å². The van der Waals surface area contributed by atoms with Crippen molar-refractivity contribution in [2.45, 2.75) is 19.4 Å². The number of rotatable bonds is 4. The molecule has 2 aromatic carbocycles. The zero-order chi connectivity index (χ0) is 16.4. The highest BCUT2D eigenvalue weighted by atomic mass is 16.6. The number of benzene rings is 2. The molecule has 0 bridgehead atoms. The van der Waals surface area contributed by atoms with Crippen molar-refractivity contribution in [1.29, 1.82) is 0 Å². The molecule has 0 saturated carbocycles. The number of hydrogen-bond donors (Lipinski definition) is 1. The van der Waals surface area contributed by atoms with Crippen molar-refractivity contribution >= 4 is 22.6 Å². The molecule has 1 N–H and O–H groups in total. The van der Waals surface area contributed by atoms with Gasteiger partial charge in [0.05, 0.1) is 0 Å². The van der Waals surface area contributed by atoms with Crippen molar-refractivity contribution in [1.82, 2.24) is 15.6 Å². The molecule has 3 aromatic rings. The Balaban J connectivity index is 1.40. The molecule has 122 valence electrons. The lowest BCUT2D eigenvalue weighted by atomic mass is 10.1. The van der Waals surface area contributed by atoms with E-state index in [-0.39, 0.29) is 5.91 Å². The van der Waals surface area contributed by atoms with Gasteiger partial charge in [-0.15, -0.1) is 0 Å². The summed E-state index contributed by atoms with van der Waals surface area (Å²) in [6.07, 6.45) is 2.49. The highest BCUT2D eigenvalue weighted by molar-refractivity contribution is 5.94. The third-order valence-electron chi connectivity index (χ3n) is 4.37. The lowest BCUT2D eigenvalue weighted by Crippen LogP contribution is -2.23. The quantitative estimate of drug-likeness (QED) is 0.800. The second-order valence-corrected chi connectivity index (χ2v) is 6.01. The summed E-state index contributed by atoms with van der Waals surface area (Å²) in [5.41, 5.74) is 4.22. The molecule has 0 unspecified atom stereocenters. The van der Waals surface area contributed by atoms with Gasteiger partial charge in [0, 0.05) is 30.9 Å². The van der Waals surface area contributed by atoms with Crippen LogP contribution in [0.3, 0.4) is 0 Å². The Hall–Kier alpha value is -2.89. The molecule has 24 heavy (non-hydrogen) atoms. The fourth-order valence-corrected chi connectivity index (χ4v) is 3.02. The number of amides is 1. The van der Waals surface area contributed by atoms with Gasteiger partial charge in [0.2, 0.25) is 0 Å². The first-order chi connectivity index (χ1) is 11.8. The first kappa shape index (κ1) is 14.7. The summed E-state index contributed by atoms with van der Waals surface area (Å²) >= 11 is 0. The zero-order valence-electron chi connectivity index (χ0n) is 13.2. The zero-order valence-corrected chi connectivity index (χ0v) is 13.2. The summed E-state index contributed by atoms with van der Waals surface area (Å²) in [6.45, 7) is 2.64. The highest BCUT2D eigenvalue weighted by Crippen LogP contribution is 2.20. The van der Waals surface area contributed by atoms with E-state index in [1.165, 1.54) is 18.5 Å². The second-order valence-electron chi connectivity index (χ2n) is 6.01. The Labute approximate surface area is 139 Å². The number of fused-ring (bicyclic) bond motifs is 1. The van der Waals surface area contributed by atoms with Crippen molar-refractivity contribution in [2.75, 3.05) is 18.0 Å².